The van der Waals surface area contributed by atoms with Gasteiger partial charge >= 0.3 is 0 Å². The molecule has 0 fully saturated rings. The molecule has 0 saturated heterocycles. The minimum Gasteiger partial charge on any atom is -0.291 e. The maximum atomic E-state index is 11.5. The summed E-state index contributed by atoms with van der Waals surface area (Å²) in [5.41, 5.74) is 1.80. The van der Waals surface area contributed by atoms with Crippen LogP contribution in [0.4, 0.5) is 0 Å². The Kier molecular flexibility index (Phi) is 3.59. The van der Waals surface area contributed by atoms with Crippen LogP contribution in [0.15, 0.2) is 46.7 Å². The number of carbonyl (C=O) groups excluding carboxylic acids is 1. The Labute approximate surface area is 87.5 Å². The fourth-order valence-electron chi connectivity index (χ4n) is 0.888. The molecule has 0 aliphatic carbocycles. The minimum absolute atomic E-state index is 0.131. The van der Waals surface area contributed by atoms with E-state index in [4.69, 9.17) is 5.84 Å². The van der Waals surface area contributed by atoms with E-state index in [9.17, 15) is 13.2 Å². The third-order valence-electron chi connectivity index (χ3n) is 1.61. The van der Waals surface area contributed by atoms with E-state index < -0.39 is 15.7 Å². The Morgan fingerprint density at radius 3 is 2.40 bits per heavy atom. The molecule has 0 saturated carbocycles. The van der Waals surface area contributed by atoms with Crippen LogP contribution in [0, 0.1) is 0 Å². The number of hydrogen-bond acceptors (Lipinski definition) is 4. The summed E-state index contributed by atoms with van der Waals surface area (Å²) in [5, 5.41) is 0.810. The monoisotopic (exact) mass is 226 g/mol. The van der Waals surface area contributed by atoms with Crippen LogP contribution in [-0.2, 0) is 14.6 Å². The highest BCUT2D eigenvalue weighted by Crippen LogP contribution is 2.10. The standard InChI is InChI=1S/C9H10N2O3S/c10-11-9(12)6-7-15(13,14)8-4-2-1-3-5-8/h1-7H,10H2,(H,11,12)/b7-6+. The molecule has 1 aromatic rings. The molecule has 6 heteroatoms. The highest BCUT2D eigenvalue weighted by molar-refractivity contribution is 7.94. The van der Waals surface area contributed by atoms with E-state index >= 15 is 0 Å². The molecule has 5 nitrogen and oxygen atoms in total. The summed E-state index contributed by atoms with van der Waals surface area (Å²) in [4.78, 5) is 10.8. The second-order valence-corrected chi connectivity index (χ2v) is 4.50. The second kappa shape index (κ2) is 4.72. The molecule has 0 aliphatic rings. The lowest BCUT2D eigenvalue weighted by Crippen LogP contribution is -2.28. The van der Waals surface area contributed by atoms with Crippen molar-refractivity contribution in [1.29, 1.82) is 0 Å². The Balaban J connectivity index is 2.96. The molecule has 0 aromatic heterocycles. The maximum Gasteiger partial charge on any atom is 0.258 e. The number of nitrogens with one attached hydrogen (secondary N) is 1. The summed E-state index contributed by atoms with van der Waals surface area (Å²) in [6.45, 7) is 0. The Morgan fingerprint density at radius 1 is 1.27 bits per heavy atom. The molecule has 0 bridgehead atoms. The number of benzene rings is 1. The molecule has 0 radical (unpaired) electrons. The average molecular weight is 226 g/mol. The average Bonchev–Trinajstić information content (AvgIpc) is 2.27. The molecule has 0 spiro atoms. The van der Waals surface area contributed by atoms with Gasteiger partial charge in [0.2, 0.25) is 0 Å². The van der Waals surface area contributed by atoms with Gasteiger partial charge in [-0.25, -0.2) is 14.3 Å². The van der Waals surface area contributed by atoms with Crippen LogP contribution in [0.1, 0.15) is 0 Å². The van der Waals surface area contributed by atoms with Crippen molar-refractivity contribution in [3.63, 3.8) is 0 Å². The number of hydrogen-bond donors (Lipinski definition) is 2. The van der Waals surface area contributed by atoms with E-state index in [1.165, 1.54) is 12.1 Å². The summed E-state index contributed by atoms with van der Waals surface area (Å²) in [6.07, 6.45) is 0.863. The van der Waals surface area contributed by atoms with Gasteiger partial charge in [0, 0.05) is 11.5 Å². The summed E-state index contributed by atoms with van der Waals surface area (Å²) in [7, 11) is -3.56. The van der Waals surface area contributed by atoms with Gasteiger partial charge in [0.1, 0.15) is 0 Å². The molecule has 0 heterocycles. The van der Waals surface area contributed by atoms with E-state index in [-0.39, 0.29) is 4.90 Å². The van der Waals surface area contributed by atoms with Crippen molar-refractivity contribution in [2.75, 3.05) is 0 Å². The van der Waals surface area contributed by atoms with Crippen LogP contribution in [-0.4, -0.2) is 14.3 Å². The van der Waals surface area contributed by atoms with Gasteiger partial charge in [0.15, 0.2) is 9.84 Å². The van der Waals surface area contributed by atoms with E-state index in [0.29, 0.717) is 0 Å². The van der Waals surface area contributed by atoms with Crippen molar-refractivity contribution < 1.29 is 13.2 Å². The fourth-order valence-corrected chi connectivity index (χ4v) is 1.88. The first-order valence-electron chi connectivity index (χ1n) is 4.05. The molecule has 15 heavy (non-hydrogen) atoms. The predicted octanol–water partition coefficient (Wildman–Crippen LogP) is -0.0361. The van der Waals surface area contributed by atoms with Crippen LogP contribution >= 0.6 is 0 Å². The molecule has 1 rings (SSSR count). The zero-order valence-corrected chi connectivity index (χ0v) is 8.57. The van der Waals surface area contributed by atoms with E-state index in [2.05, 4.69) is 0 Å². The zero-order chi connectivity index (χ0) is 11.3. The van der Waals surface area contributed by atoms with Crippen LogP contribution in [0.2, 0.25) is 0 Å². The van der Waals surface area contributed by atoms with Gasteiger partial charge < -0.3 is 0 Å². The highest BCUT2D eigenvalue weighted by Gasteiger charge is 2.09. The Hall–Kier alpha value is -1.66. The lowest BCUT2D eigenvalue weighted by Gasteiger charge is -1.97. The largest absolute Gasteiger partial charge is 0.291 e. The first-order valence-corrected chi connectivity index (χ1v) is 5.59. The van der Waals surface area contributed by atoms with Gasteiger partial charge in [0.05, 0.1) is 4.90 Å². The van der Waals surface area contributed by atoms with Crippen LogP contribution in [0.3, 0.4) is 0 Å². The van der Waals surface area contributed by atoms with Crippen molar-refractivity contribution in [2.24, 2.45) is 5.84 Å². The number of carbonyl (C=O) groups is 1. The summed E-state index contributed by atoms with van der Waals surface area (Å²) < 4.78 is 23.1. The molecular formula is C9H10N2O3S. The molecule has 3 N–H and O–H groups in total. The Morgan fingerprint density at radius 2 is 1.87 bits per heavy atom. The summed E-state index contributed by atoms with van der Waals surface area (Å²) in [6, 6.07) is 7.79. The van der Waals surface area contributed by atoms with Crippen molar-refractivity contribution in [3.05, 3.63) is 41.8 Å². The zero-order valence-electron chi connectivity index (χ0n) is 7.75. The van der Waals surface area contributed by atoms with E-state index in [1.54, 1.807) is 23.6 Å². The second-order valence-electron chi connectivity index (χ2n) is 2.67. The van der Waals surface area contributed by atoms with Crippen molar-refractivity contribution in [2.45, 2.75) is 4.90 Å². The normalized spacial score (nSPS) is 11.5. The number of hydrazine groups is 1. The SMILES string of the molecule is NNC(=O)/C=C/S(=O)(=O)c1ccccc1. The first-order chi connectivity index (χ1) is 7.06. The lowest BCUT2D eigenvalue weighted by atomic mass is 10.4. The van der Waals surface area contributed by atoms with Gasteiger partial charge in [-0.3, -0.25) is 10.2 Å². The number of nitrogens with two attached hydrogens (primary N) is 1. The summed E-state index contributed by atoms with van der Waals surface area (Å²) in [5.74, 6) is 4.12. The Bertz CT molecular complexity index is 465. The van der Waals surface area contributed by atoms with Gasteiger partial charge in [-0.15, -0.1) is 0 Å². The molecule has 1 aromatic carbocycles. The lowest BCUT2D eigenvalue weighted by molar-refractivity contribution is -0.116. The summed E-state index contributed by atoms with van der Waals surface area (Å²) >= 11 is 0. The molecular weight excluding hydrogens is 216 g/mol. The molecule has 80 valence electrons. The van der Waals surface area contributed by atoms with Gasteiger partial charge in [0.25, 0.3) is 5.91 Å². The smallest absolute Gasteiger partial charge is 0.258 e. The van der Waals surface area contributed by atoms with E-state index in [1.807, 2.05) is 0 Å². The molecule has 1 amide bonds. The van der Waals surface area contributed by atoms with Gasteiger partial charge in [-0.05, 0) is 12.1 Å². The number of rotatable bonds is 3. The fraction of sp³-hybridized carbons (Fsp3) is 0. The predicted molar refractivity (Wildman–Crippen MR) is 55.1 cm³/mol. The van der Waals surface area contributed by atoms with Crippen LogP contribution in [0.5, 0.6) is 0 Å². The number of amides is 1. The van der Waals surface area contributed by atoms with Crippen molar-refractivity contribution in [1.82, 2.24) is 5.43 Å². The van der Waals surface area contributed by atoms with E-state index in [0.717, 1.165) is 11.5 Å². The minimum atomic E-state index is -3.56. The topological polar surface area (TPSA) is 89.3 Å². The maximum absolute atomic E-state index is 11.5. The quantitative estimate of drug-likeness (QED) is 0.327. The van der Waals surface area contributed by atoms with Crippen molar-refractivity contribution in [3.8, 4) is 0 Å². The van der Waals surface area contributed by atoms with Gasteiger partial charge in [-0.1, -0.05) is 18.2 Å². The number of sulfone groups is 1. The van der Waals surface area contributed by atoms with Crippen LogP contribution in [0.25, 0.3) is 0 Å². The van der Waals surface area contributed by atoms with Gasteiger partial charge in [-0.2, -0.15) is 0 Å². The molecule has 0 atom stereocenters. The van der Waals surface area contributed by atoms with Crippen LogP contribution < -0.4 is 11.3 Å². The third kappa shape index (κ3) is 3.19. The highest BCUT2D eigenvalue weighted by atomic mass is 32.2. The third-order valence-corrected chi connectivity index (χ3v) is 3.04. The first kappa shape index (κ1) is 11.4. The molecule has 0 aliphatic heterocycles. The molecule has 0 unspecified atom stereocenters. The van der Waals surface area contributed by atoms with Crippen molar-refractivity contribution >= 4 is 15.7 Å².